The highest BCUT2D eigenvalue weighted by atomic mass is 79.9. The Morgan fingerprint density at radius 3 is 2.67 bits per heavy atom. The van der Waals surface area contributed by atoms with Crippen LogP contribution < -0.4 is 10.1 Å². The van der Waals surface area contributed by atoms with Crippen molar-refractivity contribution in [1.82, 2.24) is 5.32 Å². The van der Waals surface area contributed by atoms with Gasteiger partial charge in [-0.3, -0.25) is 4.79 Å². The van der Waals surface area contributed by atoms with Gasteiger partial charge in [-0.05, 0) is 35.9 Å². The van der Waals surface area contributed by atoms with E-state index in [0.29, 0.717) is 30.3 Å². The summed E-state index contributed by atoms with van der Waals surface area (Å²) < 4.78 is 6.50. The normalized spacial score (nSPS) is 10.2. The van der Waals surface area contributed by atoms with Crippen molar-refractivity contribution in [2.24, 2.45) is 0 Å². The standard InChI is InChI=1S/C16H15BrClNO2/c17-13-6-4-12(5-7-13)10-16(20)19-8-9-21-15-3-1-2-14(18)11-15/h1-7,11H,8-10H2,(H,19,20). The molecule has 0 aliphatic carbocycles. The van der Waals surface area contributed by atoms with Gasteiger partial charge in [0.2, 0.25) is 5.91 Å². The maximum absolute atomic E-state index is 11.8. The van der Waals surface area contributed by atoms with E-state index in [2.05, 4.69) is 21.2 Å². The summed E-state index contributed by atoms with van der Waals surface area (Å²) in [4.78, 5) is 11.8. The number of benzene rings is 2. The molecular weight excluding hydrogens is 354 g/mol. The lowest BCUT2D eigenvalue weighted by atomic mass is 10.1. The van der Waals surface area contributed by atoms with Gasteiger partial charge in [0.25, 0.3) is 0 Å². The first-order valence-corrected chi connectivity index (χ1v) is 7.70. The monoisotopic (exact) mass is 367 g/mol. The number of ether oxygens (including phenoxy) is 1. The zero-order valence-corrected chi connectivity index (χ0v) is 13.7. The predicted octanol–water partition coefficient (Wildman–Crippen LogP) is 3.84. The highest BCUT2D eigenvalue weighted by Gasteiger charge is 2.03. The SMILES string of the molecule is O=C(Cc1ccc(Br)cc1)NCCOc1cccc(Cl)c1. The molecule has 0 atom stereocenters. The quantitative estimate of drug-likeness (QED) is 0.787. The van der Waals surface area contributed by atoms with Gasteiger partial charge in [-0.1, -0.05) is 45.7 Å². The molecular formula is C16H15BrClNO2. The highest BCUT2D eigenvalue weighted by Crippen LogP contribution is 2.16. The molecule has 110 valence electrons. The second-order valence-corrected chi connectivity index (χ2v) is 5.81. The van der Waals surface area contributed by atoms with Gasteiger partial charge < -0.3 is 10.1 Å². The first-order valence-electron chi connectivity index (χ1n) is 6.53. The number of nitrogens with one attached hydrogen (secondary N) is 1. The van der Waals surface area contributed by atoms with Gasteiger partial charge in [-0.2, -0.15) is 0 Å². The Hall–Kier alpha value is -1.52. The van der Waals surface area contributed by atoms with Gasteiger partial charge in [0.1, 0.15) is 12.4 Å². The van der Waals surface area contributed by atoms with Crippen LogP contribution in [-0.2, 0) is 11.2 Å². The average molecular weight is 369 g/mol. The van der Waals surface area contributed by atoms with Gasteiger partial charge in [0.05, 0.1) is 13.0 Å². The van der Waals surface area contributed by atoms with Crippen molar-refractivity contribution in [2.75, 3.05) is 13.2 Å². The van der Waals surface area contributed by atoms with Crippen molar-refractivity contribution in [3.8, 4) is 5.75 Å². The lowest BCUT2D eigenvalue weighted by molar-refractivity contribution is -0.120. The van der Waals surface area contributed by atoms with Crippen LogP contribution in [-0.4, -0.2) is 19.1 Å². The minimum absolute atomic E-state index is 0.0213. The molecule has 2 rings (SSSR count). The zero-order valence-electron chi connectivity index (χ0n) is 11.3. The molecule has 0 spiro atoms. The maximum atomic E-state index is 11.8. The second kappa shape index (κ2) is 8.05. The van der Waals surface area contributed by atoms with Crippen LogP contribution in [0.15, 0.2) is 53.0 Å². The van der Waals surface area contributed by atoms with Crippen molar-refractivity contribution >= 4 is 33.4 Å². The summed E-state index contributed by atoms with van der Waals surface area (Å²) in [5.41, 5.74) is 0.978. The lowest BCUT2D eigenvalue weighted by Gasteiger charge is -2.08. The molecule has 0 radical (unpaired) electrons. The van der Waals surface area contributed by atoms with Crippen molar-refractivity contribution < 1.29 is 9.53 Å². The van der Waals surface area contributed by atoms with Gasteiger partial charge in [-0.15, -0.1) is 0 Å². The summed E-state index contributed by atoms with van der Waals surface area (Å²) in [5, 5.41) is 3.45. The van der Waals surface area contributed by atoms with E-state index in [4.69, 9.17) is 16.3 Å². The van der Waals surface area contributed by atoms with Crippen molar-refractivity contribution in [1.29, 1.82) is 0 Å². The molecule has 0 aliphatic rings. The van der Waals surface area contributed by atoms with E-state index >= 15 is 0 Å². The molecule has 2 aromatic carbocycles. The van der Waals surface area contributed by atoms with E-state index in [-0.39, 0.29) is 5.91 Å². The third-order valence-electron chi connectivity index (χ3n) is 2.77. The van der Waals surface area contributed by atoms with Crippen LogP contribution in [0.4, 0.5) is 0 Å². The molecule has 21 heavy (non-hydrogen) atoms. The minimum Gasteiger partial charge on any atom is -0.492 e. The number of hydrogen-bond donors (Lipinski definition) is 1. The van der Waals surface area contributed by atoms with Crippen LogP contribution >= 0.6 is 27.5 Å². The molecule has 0 fully saturated rings. The molecule has 3 nitrogen and oxygen atoms in total. The Balaban J connectivity index is 1.68. The van der Waals surface area contributed by atoms with Crippen molar-refractivity contribution in [3.63, 3.8) is 0 Å². The Kier molecular flexibility index (Phi) is 6.08. The Morgan fingerprint density at radius 1 is 1.19 bits per heavy atom. The summed E-state index contributed by atoms with van der Waals surface area (Å²) in [6, 6.07) is 14.9. The van der Waals surface area contributed by atoms with E-state index < -0.39 is 0 Å². The van der Waals surface area contributed by atoms with Gasteiger partial charge in [0, 0.05) is 9.50 Å². The van der Waals surface area contributed by atoms with E-state index in [1.807, 2.05) is 36.4 Å². The van der Waals surface area contributed by atoms with Crippen LogP contribution in [0.1, 0.15) is 5.56 Å². The summed E-state index contributed by atoms with van der Waals surface area (Å²) in [6.45, 7) is 0.869. The van der Waals surface area contributed by atoms with Gasteiger partial charge >= 0.3 is 0 Å². The topological polar surface area (TPSA) is 38.3 Å². The fourth-order valence-electron chi connectivity index (χ4n) is 1.77. The first-order chi connectivity index (χ1) is 10.1. The Labute approximate surface area is 137 Å². The molecule has 0 saturated carbocycles. The van der Waals surface area contributed by atoms with Crippen molar-refractivity contribution in [2.45, 2.75) is 6.42 Å². The van der Waals surface area contributed by atoms with E-state index in [9.17, 15) is 4.79 Å². The highest BCUT2D eigenvalue weighted by molar-refractivity contribution is 9.10. The molecule has 5 heteroatoms. The zero-order chi connectivity index (χ0) is 15.1. The molecule has 0 unspecified atom stereocenters. The molecule has 1 N–H and O–H groups in total. The summed E-state index contributed by atoms with van der Waals surface area (Å²) in [7, 11) is 0. The molecule has 2 aromatic rings. The number of halogens is 2. The fourth-order valence-corrected chi connectivity index (χ4v) is 2.21. The summed E-state index contributed by atoms with van der Waals surface area (Å²) in [5.74, 6) is 0.677. The van der Waals surface area contributed by atoms with Gasteiger partial charge in [0.15, 0.2) is 0 Å². The molecule has 0 saturated heterocycles. The first kappa shape index (κ1) is 15.9. The number of amides is 1. The largest absolute Gasteiger partial charge is 0.492 e. The molecule has 0 bridgehead atoms. The number of carbonyl (C=O) groups excluding carboxylic acids is 1. The third kappa shape index (κ3) is 5.78. The number of rotatable bonds is 6. The van der Waals surface area contributed by atoms with Crippen LogP contribution in [0.3, 0.4) is 0 Å². The van der Waals surface area contributed by atoms with Crippen LogP contribution in [0.25, 0.3) is 0 Å². The summed E-state index contributed by atoms with van der Waals surface area (Å²) in [6.07, 6.45) is 0.366. The summed E-state index contributed by atoms with van der Waals surface area (Å²) >= 11 is 9.22. The minimum atomic E-state index is -0.0213. The van der Waals surface area contributed by atoms with Crippen LogP contribution in [0.2, 0.25) is 5.02 Å². The molecule has 0 heterocycles. The maximum Gasteiger partial charge on any atom is 0.224 e. The average Bonchev–Trinajstić information content (AvgIpc) is 2.46. The molecule has 1 amide bonds. The predicted molar refractivity (Wildman–Crippen MR) is 87.8 cm³/mol. The smallest absolute Gasteiger partial charge is 0.224 e. The van der Waals surface area contributed by atoms with Crippen LogP contribution in [0.5, 0.6) is 5.75 Å². The van der Waals surface area contributed by atoms with Gasteiger partial charge in [-0.25, -0.2) is 0 Å². The second-order valence-electron chi connectivity index (χ2n) is 4.46. The van der Waals surface area contributed by atoms with Crippen LogP contribution in [0, 0.1) is 0 Å². The lowest BCUT2D eigenvalue weighted by Crippen LogP contribution is -2.29. The molecule has 0 aromatic heterocycles. The van der Waals surface area contributed by atoms with E-state index in [1.54, 1.807) is 12.1 Å². The molecule has 0 aliphatic heterocycles. The van der Waals surface area contributed by atoms with Crippen molar-refractivity contribution in [3.05, 3.63) is 63.6 Å². The number of carbonyl (C=O) groups is 1. The van der Waals surface area contributed by atoms with E-state index in [1.165, 1.54) is 0 Å². The fraction of sp³-hybridized carbons (Fsp3) is 0.188. The number of hydrogen-bond acceptors (Lipinski definition) is 2. The van der Waals surface area contributed by atoms with E-state index in [0.717, 1.165) is 10.0 Å². The third-order valence-corrected chi connectivity index (χ3v) is 3.53. The Bertz CT molecular complexity index is 601. The Morgan fingerprint density at radius 2 is 1.95 bits per heavy atom.